The number of fused-ring (bicyclic) bond motifs is 1. The van der Waals surface area contributed by atoms with Crippen LogP contribution in [0, 0.1) is 6.92 Å². The van der Waals surface area contributed by atoms with E-state index in [0.29, 0.717) is 5.16 Å². The van der Waals surface area contributed by atoms with Crippen molar-refractivity contribution in [1.82, 2.24) is 9.97 Å². The van der Waals surface area contributed by atoms with Gasteiger partial charge < -0.3 is 17.6 Å². The first kappa shape index (κ1) is 9.99. The first-order chi connectivity index (χ1) is 5.25. The van der Waals surface area contributed by atoms with E-state index in [-0.39, 0.29) is 29.6 Å². The van der Waals surface area contributed by atoms with Gasteiger partial charge in [-0.2, -0.15) is 0 Å². The molecule has 0 aliphatic carbocycles. The number of rotatable bonds is 0. The Bertz CT molecular complexity index is 397. The molecule has 2 aromatic rings. The fourth-order valence-corrected chi connectivity index (χ4v) is 1.31. The maximum Gasteiger partial charge on any atom is 1.00 e. The number of H-pyrrole nitrogens is 1. The third kappa shape index (κ3) is 1.80. The van der Waals surface area contributed by atoms with Gasteiger partial charge in [0.15, 0.2) is 0 Å². The summed E-state index contributed by atoms with van der Waals surface area (Å²) in [5.74, 6) is 0. The number of nitrogens with zero attached hydrogens (tertiary/aromatic N) is 1. The van der Waals surface area contributed by atoms with Gasteiger partial charge in [0, 0.05) is 0 Å². The Labute approximate surface area is 98.5 Å². The van der Waals surface area contributed by atoms with Crippen LogP contribution >= 0.6 is 0 Å². The first-order valence-corrected chi connectivity index (χ1v) is 3.80. The predicted molar refractivity (Wildman–Crippen MR) is 46.5 cm³/mol. The molecular weight excluding hydrogens is 179 g/mol. The van der Waals surface area contributed by atoms with Crippen molar-refractivity contribution in [3.05, 3.63) is 23.8 Å². The molecular formula is C8H7N2NaS. The summed E-state index contributed by atoms with van der Waals surface area (Å²) >= 11 is 4.89. The number of nitrogens with one attached hydrogen (secondary N) is 1. The molecule has 0 spiro atoms. The molecule has 4 heteroatoms. The molecule has 1 heterocycles. The number of hydrogen-bond donors (Lipinski definition) is 1. The van der Waals surface area contributed by atoms with Crippen molar-refractivity contribution < 1.29 is 29.6 Å². The van der Waals surface area contributed by atoms with E-state index in [4.69, 9.17) is 12.6 Å². The van der Waals surface area contributed by atoms with E-state index in [2.05, 4.69) is 9.97 Å². The second kappa shape index (κ2) is 3.75. The zero-order chi connectivity index (χ0) is 7.84. The predicted octanol–water partition coefficient (Wildman–Crippen LogP) is -1.22. The van der Waals surface area contributed by atoms with E-state index in [1.807, 2.05) is 25.1 Å². The van der Waals surface area contributed by atoms with Crippen LogP contribution in [0.4, 0.5) is 0 Å². The molecule has 0 aliphatic heterocycles. The molecule has 0 amide bonds. The second-order valence-electron chi connectivity index (χ2n) is 2.56. The van der Waals surface area contributed by atoms with Crippen LogP contribution in [0.25, 0.3) is 11.0 Å². The molecule has 0 saturated carbocycles. The molecule has 1 aromatic heterocycles. The number of aryl methyl sites for hydroxylation is 1. The van der Waals surface area contributed by atoms with Crippen molar-refractivity contribution in [2.45, 2.75) is 12.1 Å². The van der Waals surface area contributed by atoms with Crippen molar-refractivity contribution in [1.29, 1.82) is 0 Å². The van der Waals surface area contributed by atoms with Gasteiger partial charge in [-0.05, 0) is 29.8 Å². The number of benzene rings is 1. The molecule has 0 aliphatic rings. The Hall–Kier alpha value is -0.0900. The summed E-state index contributed by atoms with van der Waals surface area (Å²) in [5, 5.41) is 0.561. The Kier molecular flexibility index (Phi) is 3.12. The van der Waals surface area contributed by atoms with Crippen LogP contribution < -0.4 is 29.6 Å². The minimum atomic E-state index is 0. The summed E-state index contributed by atoms with van der Waals surface area (Å²) in [7, 11) is 0. The molecule has 0 saturated heterocycles. The van der Waals surface area contributed by atoms with Crippen LogP contribution in [0.15, 0.2) is 23.4 Å². The summed E-state index contributed by atoms with van der Waals surface area (Å²) in [6.45, 7) is 2.04. The van der Waals surface area contributed by atoms with Crippen molar-refractivity contribution in [3.8, 4) is 0 Å². The van der Waals surface area contributed by atoms with Gasteiger partial charge in [0.2, 0.25) is 0 Å². The van der Waals surface area contributed by atoms with Crippen LogP contribution in [-0.4, -0.2) is 9.97 Å². The molecule has 1 N–H and O–H groups in total. The monoisotopic (exact) mass is 186 g/mol. The summed E-state index contributed by atoms with van der Waals surface area (Å²) in [5.41, 5.74) is 3.19. The third-order valence-corrected chi connectivity index (χ3v) is 1.81. The average Bonchev–Trinajstić information content (AvgIpc) is 2.27. The van der Waals surface area contributed by atoms with Gasteiger partial charge in [-0.25, -0.2) is 0 Å². The van der Waals surface area contributed by atoms with E-state index in [9.17, 15) is 0 Å². The van der Waals surface area contributed by atoms with Crippen molar-refractivity contribution in [2.24, 2.45) is 0 Å². The normalized spacial score (nSPS) is 9.75. The van der Waals surface area contributed by atoms with E-state index in [1.165, 1.54) is 5.56 Å². The van der Waals surface area contributed by atoms with Gasteiger partial charge in [0.1, 0.15) is 0 Å². The average molecular weight is 186 g/mol. The van der Waals surface area contributed by atoms with Gasteiger partial charge in [-0.3, -0.25) is 4.98 Å². The Morgan fingerprint density at radius 2 is 2.17 bits per heavy atom. The van der Waals surface area contributed by atoms with Gasteiger partial charge >= 0.3 is 29.6 Å². The zero-order valence-corrected chi connectivity index (χ0v) is 9.90. The minimum absolute atomic E-state index is 0. The van der Waals surface area contributed by atoms with Crippen LogP contribution in [0.5, 0.6) is 0 Å². The molecule has 0 fully saturated rings. The van der Waals surface area contributed by atoms with Gasteiger partial charge in [-0.15, -0.1) is 0 Å². The molecule has 56 valence electrons. The number of hydrogen-bond acceptors (Lipinski definition) is 2. The zero-order valence-electron chi connectivity index (χ0n) is 7.09. The van der Waals surface area contributed by atoms with E-state index >= 15 is 0 Å². The Morgan fingerprint density at radius 1 is 1.42 bits per heavy atom. The molecule has 1 aromatic carbocycles. The van der Waals surface area contributed by atoms with Gasteiger partial charge in [0.25, 0.3) is 0 Å². The molecule has 0 bridgehead atoms. The van der Waals surface area contributed by atoms with E-state index in [1.54, 1.807) is 0 Å². The van der Waals surface area contributed by atoms with Gasteiger partial charge in [0.05, 0.1) is 11.0 Å². The number of aromatic amines is 1. The first-order valence-electron chi connectivity index (χ1n) is 3.39. The van der Waals surface area contributed by atoms with Crippen LogP contribution in [0.1, 0.15) is 5.56 Å². The van der Waals surface area contributed by atoms with E-state index in [0.717, 1.165) is 11.0 Å². The standard InChI is InChI=1S/C8H8N2S.Na/c1-5-2-3-6-7(4-5)10-8(11)9-6;/h2-4H,1H3,(H2,9,10,11);/q;+1/p-1. The van der Waals surface area contributed by atoms with E-state index < -0.39 is 0 Å². The van der Waals surface area contributed by atoms with Crippen LogP contribution in [0.2, 0.25) is 0 Å². The molecule has 2 nitrogen and oxygen atoms in total. The quantitative estimate of drug-likeness (QED) is 0.413. The summed E-state index contributed by atoms with van der Waals surface area (Å²) in [4.78, 5) is 7.12. The minimum Gasteiger partial charge on any atom is -0.742 e. The fraction of sp³-hybridized carbons (Fsp3) is 0.125. The van der Waals surface area contributed by atoms with Gasteiger partial charge in [-0.1, -0.05) is 6.07 Å². The largest absolute Gasteiger partial charge is 1.00 e. The topological polar surface area (TPSA) is 28.7 Å². The molecule has 12 heavy (non-hydrogen) atoms. The third-order valence-electron chi connectivity index (χ3n) is 1.62. The maximum absolute atomic E-state index is 4.89. The summed E-state index contributed by atoms with van der Waals surface area (Å²) in [6.07, 6.45) is 0. The maximum atomic E-state index is 4.89. The molecule has 0 radical (unpaired) electrons. The summed E-state index contributed by atoms with van der Waals surface area (Å²) < 4.78 is 0. The Morgan fingerprint density at radius 3 is 2.92 bits per heavy atom. The fourth-order valence-electron chi connectivity index (χ4n) is 1.10. The molecule has 2 rings (SSSR count). The SMILES string of the molecule is Cc1ccc2nc([S-])[nH]c2c1.[Na+]. The van der Waals surface area contributed by atoms with Crippen molar-refractivity contribution in [3.63, 3.8) is 0 Å². The summed E-state index contributed by atoms with van der Waals surface area (Å²) in [6, 6.07) is 6.03. The second-order valence-corrected chi connectivity index (χ2v) is 2.95. The van der Waals surface area contributed by atoms with Crippen LogP contribution in [-0.2, 0) is 12.6 Å². The number of imidazole rings is 1. The van der Waals surface area contributed by atoms with Crippen molar-refractivity contribution >= 4 is 23.7 Å². The van der Waals surface area contributed by atoms with Crippen molar-refractivity contribution in [2.75, 3.05) is 0 Å². The smallest absolute Gasteiger partial charge is 0.742 e. The molecule has 0 atom stereocenters. The Balaban J connectivity index is 0.000000720. The molecule has 0 unspecified atom stereocenters. The number of aromatic nitrogens is 2. The van der Waals surface area contributed by atoms with Crippen LogP contribution in [0.3, 0.4) is 0 Å².